The van der Waals surface area contributed by atoms with Crippen LogP contribution in [0.5, 0.6) is 0 Å². The number of aromatic nitrogens is 5. The molecule has 0 spiro atoms. The summed E-state index contributed by atoms with van der Waals surface area (Å²) in [5.41, 5.74) is 2.70. The number of esters is 1. The zero-order valence-electron chi connectivity index (χ0n) is 16.0. The number of H-pyrrole nitrogens is 1. The van der Waals surface area contributed by atoms with Crippen LogP contribution in [0.2, 0.25) is 0 Å². The summed E-state index contributed by atoms with van der Waals surface area (Å²) in [6.45, 7) is 4.57. The normalized spacial score (nSPS) is 22.7. The second-order valence-corrected chi connectivity index (χ2v) is 7.53. The molecule has 0 aromatic carbocycles. The van der Waals surface area contributed by atoms with Crippen LogP contribution in [0.1, 0.15) is 64.1 Å². The van der Waals surface area contributed by atoms with E-state index in [9.17, 15) is 4.79 Å². The summed E-state index contributed by atoms with van der Waals surface area (Å²) in [6, 6.07) is 2.04. The molecule has 4 rings (SSSR count). The van der Waals surface area contributed by atoms with Crippen LogP contribution in [0.25, 0.3) is 16.8 Å². The van der Waals surface area contributed by atoms with Gasteiger partial charge in [0.1, 0.15) is 5.82 Å². The van der Waals surface area contributed by atoms with Crippen molar-refractivity contribution in [3.05, 3.63) is 24.3 Å². The van der Waals surface area contributed by atoms with Gasteiger partial charge in [-0.15, -0.1) is 10.2 Å². The third-order valence-electron chi connectivity index (χ3n) is 5.91. The maximum atomic E-state index is 11.6. The predicted octanol–water partition coefficient (Wildman–Crippen LogP) is 3.86. The Hall–Kier alpha value is -2.44. The van der Waals surface area contributed by atoms with Crippen molar-refractivity contribution in [3.63, 3.8) is 0 Å². The molecule has 0 aliphatic heterocycles. The SMILES string of the molecule is CCOC(=O)CCCC1CC(CC)C(c2nnc3cnc4[nH]ccc4n23)C1. The third kappa shape index (κ3) is 3.42. The number of nitrogens with zero attached hydrogens (tertiary/aromatic N) is 4. The van der Waals surface area contributed by atoms with Crippen LogP contribution in [-0.4, -0.2) is 37.1 Å². The van der Waals surface area contributed by atoms with Gasteiger partial charge in [0.2, 0.25) is 0 Å². The molecule has 3 unspecified atom stereocenters. The minimum Gasteiger partial charge on any atom is -0.466 e. The van der Waals surface area contributed by atoms with E-state index in [1.165, 1.54) is 6.42 Å². The highest BCUT2D eigenvalue weighted by Crippen LogP contribution is 2.46. The van der Waals surface area contributed by atoms with Crippen LogP contribution in [0.4, 0.5) is 0 Å². The van der Waals surface area contributed by atoms with E-state index >= 15 is 0 Å². The van der Waals surface area contributed by atoms with E-state index < -0.39 is 0 Å². The maximum absolute atomic E-state index is 11.6. The molecular weight excluding hydrogens is 342 g/mol. The number of hydrogen-bond donors (Lipinski definition) is 1. The summed E-state index contributed by atoms with van der Waals surface area (Å²) in [5, 5.41) is 8.93. The smallest absolute Gasteiger partial charge is 0.305 e. The Morgan fingerprint density at radius 3 is 3.04 bits per heavy atom. The molecule has 1 N–H and O–H groups in total. The molecule has 0 bridgehead atoms. The lowest BCUT2D eigenvalue weighted by Crippen LogP contribution is -2.09. The number of rotatable bonds is 7. The van der Waals surface area contributed by atoms with Gasteiger partial charge in [-0.1, -0.05) is 13.3 Å². The molecule has 1 saturated carbocycles. The highest BCUT2D eigenvalue weighted by molar-refractivity contribution is 5.74. The molecule has 0 amide bonds. The third-order valence-corrected chi connectivity index (χ3v) is 5.91. The first-order chi connectivity index (χ1) is 13.2. The van der Waals surface area contributed by atoms with Crippen LogP contribution < -0.4 is 0 Å². The van der Waals surface area contributed by atoms with Crippen molar-refractivity contribution in [2.24, 2.45) is 11.8 Å². The molecule has 7 heteroatoms. The molecule has 1 fully saturated rings. The number of aromatic amines is 1. The van der Waals surface area contributed by atoms with E-state index in [1.54, 1.807) is 6.20 Å². The Morgan fingerprint density at radius 1 is 1.33 bits per heavy atom. The molecule has 0 radical (unpaired) electrons. The van der Waals surface area contributed by atoms with Crippen LogP contribution in [0.3, 0.4) is 0 Å². The van der Waals surface area contributed by atoms with E-state index in [1.807, 2.05) is 19.2 Å². The Labute approximate surface area is 158 Å². The van der Waals surface area contributed by atoms with E-state index in [-0.39, 0.29) is 5.97 Å². The van der Waals surface area contributed by atoms with E-state index in [4.69, 9.17) is 4.74 Å². The van der Waals surface area contributed by atoms with E-state index in [0.717, 1.165) is 48.3 Å². The van der Waals surface area contributed by atoms with E-state index in [2.05, 4.69) is 31.5 Å². The molecule has 0 saturated heterocycles. The molecule has 3 aromatic rings. The zero-order chi connectivity index (χ0) is 18.8. The van der Waals surface area contributed by atoms with Gasteiger partial charge in [0.25, 0.3) is 0 Å². The minimum atomic E-state index is -0.0788. The minimum absolute atomic E-state index is 0.0788. The molecule has 3 aromatic heterocycles. The van der Waals surface area contributed by atoms with Crippen molar-refractivity contribution in [3.8, 4) is 0 Å². The predicted molar refractivity (Wildman–Crippen MR) is 102 cm³/mol. The molecule has 1 aliphatic carbocycles. The Balaban J connectivity index is 1.52. The Kier molecular flexibility index (Phi) is 5.09. The number of ether oxygens (including phenoxy) is 1. The number of carbonyl (C=O) groups excluding carboxylic acids is 1. The Bertz CT molecular complexity index is 931. The van der Waals surface area contributed by atoms with Gasteiger partial charge in [-0.2, -0.15) is 0 Å². The van der Waals surface area contributed by atoms with Crippen molar-refractivity contribution in [1.82, 2.24) is 24.6 Å². The fraction of sp³-hybridized carbons (Fsp3) is 0.600. The highest BCUT2D eigenvalue weighted by atomic mass is 16.5. The fourth-order valence-corrected chi connectivity index (χ4v) is 4.65. The molecule has 144 valence electrons. The first kappa shape index (κ1) is 17.9. The van der Waals surface area contributed by atoms with Crippen LogP contribution in [0.15, 0.2) is 18.5 Å². The van der Waals surface area contributed by atoms with Crippen molar-refractivity contribution in [2.75, 3.05) is 6.61 Å². The number of carbonyl (C=O) groups is 1. The van der Waals surface area contributed by atoms with Gasteiger partial charge >= 0.3 is 5.97 Å². The van der Waals surface area contributed by atoms with Crippen molar-refractivity contribution < 1.29 is 9.53 Å². The highest BCUT2D eigenvalue weighted by Gasteiger charge is 2.36. The van der Waals surface area contributed by atoms with Gasteiger partial charge in [0, 0.05) is 18.5 Å². The van der Waals surface area contributed by atoms with Gasteiger partial charge < -0.3 is 9.72 Å². The van der Waals surface area contributed by atoms with Crippen LogP contribution >= 0.6 is 0 Å². The van der Waals surface area contributed by atoms with Gasteiger partial charge in [0.15, 0.2) is 11.3 Å². The van der Waals surface area contributed by atoms with Crippen molar-refractivity contribution in [2.45, 2.75) is 58.3 Å². The van der Waals surface area contributed by atoms with Gasteiger partial charge in [-0.25, -0.2) is 4.98 Å². The second-order valence-electron chi connectivity index (χ2n) is 7.53. The summed E-state index contributed by atoms with van der Waals surface area (Å²) < 4.78 is 7.20. The standard InChI is InChI=1S/C20H27N5O2/c1-3-14-10-13(6-5-7-18(26)27-4-2)11-15(14)20-24-23-17-12-22-19-16(25(17)20)8-9-21-19/h8-9,12-15,21H,3-7,10-11H2,1-2H3. The fourth-order valence-electron chi connectivity index (χ4n) is 4.65. The summed E-state index contributed by atoms with van der Waals surface area (Å²) in [6.07, 6.45) is 9.62. The summed E-state index contributed by atoms with van der Waals surface area (Å²) in [5.74, 6) is 2.61. The first-order valence-corrected chi connectivity index (χ1v) is 10.0. The van der Waals surface area contributed by atoms with Crippen molar-refractivity contribution >= 4 is 22.8 Å². The summed E-state index contributed by atoms with van der Waals surface area (Å²) in [4.78, 5) is 19.2. The van der Waals surface area contributed by atoms with Gasteiger partial charge in [-0.3, -0.25) is 9.20 Å². The maximum Gasteiger partial charge on any atom is 0.305 e. The lowest BCUT2D eigenvalue weighted by atomic mass is 9.93. The first-order valence-electron chi connectivity index (χ1n) is 10.0. The summed E-state index contributed by atoms with van der Waals surface area (Å²) >= 11 is 0. The number of nitrogens with one attached hydrogen (secondary N) is 1. The molecule has 1 aliphatic rings. The molecule has 3 atom stereocenters. The van der Waals surface area contributed by atoms with Gasteiger partial charge in [-0.05, 0) is 50.5 Å². The van der Waals surface area contributed by atoms with E-state index in [0.29, 0.717) is 30.8 Å². The topological polar surface area (TPSA) is 85.2 Å². The Morgan fingerprint density at radius 2 is 2.22 bits per heavy atom. The zero-order valence-corrected chi connectivity index (χ0v) is 16.0. The average molecular weight is 369 g/mol. The lowest BCUT2D eigenvalue weighted by molar-refractivity contribution is -0.143. The molecular formula is C20H27N5O2. The second kappa shape index (κ2) is 7.66. The lowest BCUT2D eigenvalue weighted by Gasteiger charge is -2.16. The van der Waals surface area contributed by atoms with Gasteiger partial charge in [0.05, 0.1) is 18.3 Å². The molecule has 27 heavy (non-hydrogen) atoms. The quantitative estimate of drug-likeness (QED) is 0.639. The van der Waals surface area contributed by atoms with Crippen LogP contribution in [0, 0.1) is 11.8 Å². The molecule has 7 nitrogen and oxygen atoms in total. The van der Waals surface area contributed by atoms with Crippen LogP contribution in [-0.2, 0) is 9.53 Å². The largest absolute Gasteiger partial charge is 0.466 e. The number of hydrogen-bond acceptors (Lipinski definition) is 5. The van der Waals surface area contributed by atoms with Crippen molar-refractivity contribution in [1.29, 1.82) is 0 Å². The number of fused-ring (bicyclic) bond motifs is 3. The monoisotopic (exact) mass is 369 g/mol. The summed E-state index contributed by atoms with van der Waals surface area (Å²) in [7, 11) is 0. The average Bonchev–Trinajstić information content (AvgIpc) is 3.38. The molecule has 3 heterocycles.